The summed E-state index contributed by atoms with van der Waals surface area (Å²) in [6.07, 6.45) is 1.58. The second-order valence-corrected chi connectivity index (χ2v) is 3.36. The number of nitrogens with one attached hydrogen (secondary N) is 1. The Morgan fingerprint density at radius 1 is 1.85 bits per heavy atom. The predicted octanol–water partition coefficient (Wildman–Crippen LogP) is -0.129. The van der Waals surface area contributed by atoms with E-state index in [4.69, 9.17) is 5.73 Å². The minimum Gasteiger partial charge on any atom is -0.349 e. The predicted molar refractivity (Wildman–Crippen MR) is 52.3 cm³/mol. The van der Waals surface area contributed by atoms with Gasteiger partial charge in [0.25, 0.3) is 5.91 Å². The molecule has 6 heteroatoms. The van der Waals surface area contributed by atoms with Crippen LogP contribution in [0.1, 0.15) is 10.5 Å². The lowest BCUT2D eigenvalue weighted by molar-refractivity contribution is 0.0944. The number of hydrogen-bond donors (Lipinski definition) is 2. The number of amides is 1. The minimum absolute atomic E-state index is 0.169. The summed E-state index contributed by atoms with van der Waals surface area (Å²) in [5, 5.41) is 6.58. The summed E-state index contributed by atoms with van der Waals surface area (Å²) in [6, 6.07) is 0. The second-order valence-electron chi connectivity index (χ2n) is 2.51. The van der Waals surface area contributed by atoms with Crippen LogP contribution in [0, 0.1) is 0 Å². The first-order chi connectivity index (χ1) is 6.16. The Balaban J connectivity index is 2.76. The van der Waals surface area contributed by atoms with Crippen LogP contribution >= 0.6 is 15.9 Å². The molecule has 0 aliphatic carbocycles. The highest BCUT2D eigenvalue weighted by molar-refractivity contribution is 9.10. The van der Waals surface area contributed by atoms with Gasteiger partial charge in [-0.2, -0.15) is 5.10 Å². The van der Waals surface area contributed by atoms with Crippen molar-refractivity contribution in [1.82, 2.24) is 15.1 Å². The lowest BCUT2D eigenvalue weighted by Gasteiger charge is -2.03. The van der Waals surface area contributed by atoms with E-state index in [1.165, 1.54) is 4.68 Å². The normalized spacial score (nSPS) is 10.1. The van der Waals surface area contributed by atoms with E-state index in [2.05, 4.69) is 26.3 Å². The van der Waals surface area contributed by atoms with E-state index in [-0.39, 0.29) is 5.91 Å². The third kappa shape index (κ3) is 2.28. The average molecular weight is 247 g/mol. The van der Waals surface area contributed by atoms with E-state index in [0.29, 0.717) is 23.3 Å². The van der Waals surface area contributed by atoms with Crippen LogP contribution in [0.2, 0.25) is 0 Å². The van der Waals surface area contributed by atoms with Crippen molar-refractivity contribution >= 4 is 21.8 Å². The molecule has 0 aliphatic heterocycles. The van der Waals surface area contributed by atoms with Gasteiger partial charge in [-0.15, -0.1) is 0 Å². The number of aromatic nitrogens is 2. The summed E-state index contributed by atoms with van der Waals surface area (Å²) in [4.78, 5) is 11.4. The Morgan fingerprint density at radius 3 is 3.00 bits per heavy atom. The number of carbonyl (C=O) groups is 1. The lowest BCUT2D eigenvalue weighted by atomic mass is 10.4. The molecule has 5 nitrogen and oxygen atoms in total. The van der Waals surface area contributed by atoms with Crippen LogP contribution in [0.3, 0.4) is 0 Å². The van der Waals surface area contributed by atoms with Crippen LogP contribution in [-0.2, 0) is 7.05 Å². The third-order valence-corrected chi connectivity index (χ3v) is 2.12. The summed E-state index contributed by atoms with van der Waals surface area (Å²) in [5.41, 5.74) is 5.77. The van der Waals surface area contributed by atoms with Crippen LogP contribution in [0.25, 0.3) is 0 Å². The van der Waals surface area contributed by atoms with Gasteiger partial charge in [0.1, 0.15) is 5.69 Å². The highest BCUT2D eigenvalue weighted by Crippen LogP contribution is 2.14. The van der Waals surface area contributed by atoms with Crippen molar-refractivity contribution in [3.63, 3.8) is 0 Å². The van der Waals surface area contributed by atoms with Gasteiger partial charge in [0.2, 0.25) is 0 Å². The summed E-state index contributed by atoms with van der Waals surface area (Å²) >= 11 is 3.23. The summed E-state index contributed by atoms with van der Waals surface area (Å²) < 4.78 is 2.19. The molecule has 72 valence electrons. The molecule has 0 aliphatic rings. The molecular weight excluding hydrogens is 236 g/mol. The fraction of sp³-hybridized carbons (Fsp3) is 0.429. The SMILES string of the molecule is Cn1ncc(Br)c1C(=O)NCCN. The van der Waals surface area contributed by atoms with Crippen molar-refractivity contribution in [1.29, 1.82) is 0 Å². The average Bonchev–Trinajstić information content (AvgIpc) is 2.42. The zero-order chi connectivity index (χ0) is 9.84. The molecule has 1 amide bonds. The van der Waals surface area contributed by atoms with Gasteiger partial charge in [0.15, 0.2) is 0 Å². The summed E-state index contributed by atoms with van der Waals surface area (Å²) in [7, 11) is 1.71. The molecule has 0 aromatic carbocycles. The standard InChI is InChI=1S/C7H11BrN4O/c1-12-6(5(8)4-11-12)7(13)10-3-2-9/h4H,2-3,9H2,1H3,(H,10,13). The Hall–Kier alpha value is -0.880. The lowest BCUT2D eigenvalue weighted by Crippen LogP contribution is -2.30. The maximum Gasteiger partial charge on any atom is 0.270 e. The van der Waals surface area contributed by atoms with Gasteiger partial charge in [-0.1, -0.05) is 0 Å². The van der Waals surface area contributed by atoms with Crippen molar-refractivity contribution < 1.29 is 4.79 Å². The number of rotatable bonds is 3. The number of nitrogens with zero attached hydrogens (tertiary/aromatic N) is 2. The molecule has 0 saturated heterocycles. The van der Waals surface area contributed by atoms with Crippen LogP contribution in [0.15, 0.2) is 10.7 Å². The van der Waals surface area contributed by atoms with Crippen molar-refractivity contribution in [3.05, 3.63) is 16.4 Å². The van der Waals surface area contributed by atoms with E-state index in [0.717, 1.165) is 0 Å². The molecule has 3 N–H and O–H groups in total. The van der Waals surface area contributed by atoms with E-state index >= 15 is 0 Å². The van der Waals surface area contributed by atoms with E-state index in [1.807, 2.05) is 0 Å². The topological polar surface area (TPSA) is 72.9 Å². The minimum atomic E-state index is -0.169. The molecule has 13 heavy (non-hydrogen) atoms. The van der Waals surface area contributed by atoms with E-state index < -0.39 is 0 Å². The maximum atomic E-state index is 11.4. The molecule has 0 fully saturated rings. The third-order valence-electron chi connectivity index (χ3n) is 1.54. The number of nitrogens with two attached hydrogens (primary N) is 1. The first-order valence-corrected chi connectivity index (χ1v) is 4.62. The fourth-order valence-electron chi connectivity index (χ4n) is 0.936. The van der Waals surface area contributed by atoms with Gasteiger partial charge in [-0.3, -0.25) is 9.48 Å². The maximum absolute atomic E-state index is 11.4. The molecule has 1 aromatic rings. The van der Waals surface area contributed by atoms with Crippen LogP contribution in [-0.4, -0.2) is 28.8 Å². The molecule has 1 heterocycles. The van der Waals surface area contributed by atoms with Crippen molar-refractivity contribution in [2.45, 2.75) is 0 Å². The monoisotopic (exact) mass is 246 g/mol. The molecule has 0 saturated carbocycles. The summed E-state index contributed by atoms with van der Waals surface area (Å²) in [6.45, 7) is 0.900. The van der Waals surface area contributed by atoms with Crippen LogP contribution in [0.5, 0.6) is 0 Å². The Morgan fingerprint density at radius 2 is 2.54 bits per heavy atom. The molecule has 0 atom stereocenters. The zero-order valence-electron chi connectivity index (χ0n) is 7.25. The van der Waals surface area contributed by atoms with Gasteiger partial charge in [-0.05, 0) is 15.9 Å². The first-order valence-electron chi connectivity index (χ1n) is 3.82. The fourth-order valence-corrected chi connectivity index (χ4v) is 1.46. The van der Waals surface area contributed by atoms with Gasteiger partial charge in [0.05, 0.1) is 10.7 Å². The van der Waals surface area contributed by atoms with Gasteiger partial charge >= 0.3 is 0 Å². The first kappa shape index (κ1) is 10.2. The zero-order valence-corrected chi connectivity index (χ0v) is 8.84. The number of hydrogen-bond acceptors (Lipinski definition) is 3. The Kier molecular flexibility index (Phi) is 3.44. The molecule has 0 spiro atoms. The quantitative estimate of drug-likeness (QED) is 0.781. The molecule has 1 aromatic heterocycles. The van der Waals surface area contributed by atoms with Crippen LogP contribution < -0.4 is 11.1 Å². The van der Waals surface area contributed by atoms with E-state index in [9.17, 15) is 4.79 Å². The molecule has 0 bridgehead atoms. The number of halogens is 1. The van der Waals surface area contributed by atoms with Crippen molar-refractivity contribution in [2.75, 3.05) is 13.1 Å². The van der Waals surface area contributed by atoms with Crippen molar-refractivity contribution in [2.24, 2.45) is 12.8 Å². The molecule has 0 unspecified atom stereocenters. The smallest absolute Gasteiger partial charge is 0.270 e. The summed E-state index contributed by atoms with van der Waals surface area (Å²) in [5.74, 6) is -0.169. The Bertz CT molecular complexity index is 290. The molecular formula is C7H11BrN4O. The molecule has 0 radical (unpaired) electrons. The van der Waals surface area contributed by atoms with Gasteiger partial charge < -0.3 is 11.1 Å². The van der Waals surface area contributed by atoms with Crippen LogP contribution in [0.4, 0.5) is 0 Å². The number of carbonyl (C=O) groups excluding carboxylic acids is 1. The van der Waals surface area contributed by atoms with Gasteiger partial charge in [0, 0.05) is 20.1 Å². The highest BCUT2D eigenvalue weighted by Gasteiger charge is 2.13. The van der Waals surface area contributed by atoms with Crippen molar-refractivity contribution in [3.8, 4) is 0 Å². The number of aryl methyl sites for hydroxylation is 1. The largest absolute Gasteiger partial charge is 0.349 e. The second kappa shape index (κ2) is 4.38. The van der Waals surface area contributed by atoms with E-state index in [1.54, 1.807) is 13.2 Å². The Labute approximate surface area is 84.4 Å². The molecule has 1 rings (SSSR count). The van der Waals surface area contributed by atoms with Gasteiger partial charge in [-0.25, -0.2) is 0 Å². The highest BCUT2D eigenvalue weighted by atomic mass is 79.9.